The number of rotatable bonds is 23. The normalized spacial score (nSPS) is 11.6. The van der Waals surface area contributed by atoms with Gasteiger partial charge in [0.15, 0.2) is 0 Å². The molecular formula is C27H52O3. The van der Waals surface area contributed by atoms with E-state index < -0.39 is 0 Å². The zero-order chi connectivity index (χ0) is 22.1. The number of allylic oxidation sites excluding steroid dienone is 2. The molecule has 0 radical (unpaired) electrons. The second-order valence-electron chi connectivity index (χ2n) is 8.89. The molecule has 0 aromatic heterocycles. The first-order chi connectivity index (χ1) is 14.7. The van der Waals surface area contributed by atoms with Crippen LogP contribution in [0.4, 0.5) is 0 Å². The predicted molar refractivity (Wildman–Crippen MR) is 130 cm³/mol. The first-order valence-electron chi connectivity index (χ1n) is 13.1. The van der Waals surface area contributed by atoms with E-state index in [0.717, 1.165) is 12.8 Å². The summed E-state index contributed by atoms with van der Waals surface area (Å²) in [6, 6.07) is 0. The Morgan fingerprint density at radius 1 is 0.667 bits per heavy atom. The lowest BCUT2D eigenvalue weighted by Crippen LogP contribution is -2.13. The third-order valence-corrected chi connectivity index (χ3v) is 5.44. The summed E-state index contributed by atoms with van der Waals surface area (Å²) in [5, 5.41) is 0. The van der Waals surface area contributed by atoms with Crippen molar-refractivity contribution in [2.45, 2.75) is 142 Å². The minimum absolute atomic E-state index is 0.0802. The van der Waals surface area contributed by atoms with Crippen LogP contribution in [0.2, 0.25) is 0 Å². The maximum Gasteiger partial charge on any atom is 0.305 e. The standard InChI is InChI=1S/C27H52O3/c1-4-5-6-7-8-9-10-11-12-13-14-15-16-17-18-19-20-21-22-23-27(28)30-25-24-29-26(2)3/h11-12,26H,4-10,13-25H2,1-3H3/b12-11+. The molecule has 0 spiro atoms. The lowest BCUT2D eigenvalue weighted by molar-refractivity contribution is -0.145. The summed E-state index contributed by atoms with van der Waals surface area (Å²) < 4.78 is 10.5. The van der Waals surface area contributed by atoms with Crippen molar-refractivity contribution < 1.29 is 14.3 Å². The molecule has 0 aliphatic rings. The Kier molecular flexibility index (Phi) is 23.8. The number of hydrogen-bond acceptors (Lipinski definition) is 3. The molecule has 30 heavy (non-hydrogen) atoms. The Morgan fingerprint density at radius 2 is 1.13 bits per heavy atom. The van der Waals surface area contributed by atoms with Crippen molar-refractivity contribution in [3.63, 3.8) is 0 Å². The number of carbonyl (C=O) groups excluding carboxylic acids is 1. The van der Waals surface area contributed by atoms with Crippen molar-refractivity contribution >= 4 is 5.97 Å². The maximum atomic E-state index is 11.6. The van der Waals surface area contributed by atoms with Gasteiger partial charge in [0.2, 0.25) is 0 Å². The topological polar surface area (TPSA) is 35.5 Å². The third-order valence-electron chi connectivity index (χ3n) is 5.44. The van der Waals surface area contributed by atoms with Crippen molar-refractivity contribution in [2.75, 3.05) is 13.2 Å². The van der Waals surface area contributed by atoms with Crippen molar-refractivity contribution in [3.05, 3.63) is 12.2 Å². The van der Waals surface area contributed by atoms with Crippen LogP contribution in [0.5, 0.6) is 0 Å². The molecule has 0 rings (SSSR count). The van der Waals surface area contributed by atoms with E-state index in [1.165, 1.54) is 96.3 Å². The van der Waals surface area contributed by atoms with E-state index in [-0.39, 0.29) is 12.1 Å². The SMILES string of the molecule is CCCCCCCC/C=C/CCCCCCCCCCCC(=O)OCCOC(C)C. The van der Waals surface area contributed by atoms with Gasteiger partial charge in [0.1, 0.15) is 6.61 Å². The fourth-order valence-corrected chi connectivity index (χ4v) is 3.56. The molecule has 0 aliphatic heterocycles. The van der Waals surface area contributed by atoms with Crippen molar-refractivity contribution in [3.8, 4) is 0 Å². The first kappa shape index (κ1) is 29.2. The van der Waals surface area contributed by atoms with Crippen LogP contribution in [0.3, 0.4) is 0 Å². The number of ether oxygens (including phenoxy) is 2. The van der Waals surface area contributed by atoms with E-state index in [9.17, 15) is 4.79 Å². The molecule has 0 amide bonds. The molecule has 0 aromatic carbocycles. The molecule has 178 valence electrons. The zero-order valence-corrected chi connectivity index (χ0v) is 20.6. The van der Waals surface area contributed by atoms with E-state index in [1.807, 2.05) is 13.8 Å². The van der Waals surface area contributed by atoms with Crippen LogP contribution in [-0.2, 0) is 14.3 Å². The first-order valence-corrected chi connectivity index (χ1v) is 13.1. The highest BCUT2D eigenvalue weighted by Crippen LogP contribution is 2.12. The van der Waals surface area contributed by atoms with E-state index in [4.69, 9.17) is 9.47 Å². The molecule has 0 atom stereocenters. The summed E-state index contributed by atoms with van der Waals surface area (Å²) >= 11 is 0. The molecule has 0 heterocycles. The Hall–Kier alpha value is -0.830. The van der Waals surface area contributed by atoms with Gasteiger partial charge in [-0.05, 0) is 46.0 Å². The fourth-order valence-electron chi connectivity index (χ4n) is 3.56. The minimum Gasteiger partial charge on any atom is -0.463 e. The van der Waals surface area contributed by atoms with Gasteiger partial charge >= 0.3 is 5.97 Å². The van der Waals surface area contributed by atoms with Gasteiger partial charge in [-0.2, -0.15) is 0 Å². The second kappa shape index (κ2) is 24.4. The molecule has 0 N–H and O–H groups in total. The molecule has 3 heteroatoms. The van der Waals surface area contributed by atoms with Gasteiger partial charge in [0.05, 0.1) is 12.7 Å². The van der Waals surface area contributed by atoms with Crippen molar-refractivity contribution in [2.24, 2.45) is 0 Å². The van der Waals surface area contributed by atoms with Gasteiger partial charge in [-0.15, -0.1) is 0 Å². The van der Waals surface area contributed by atoms with E-state index >= 15 is 0 Å². The smallest absolute Gasteiger partial charge is 0.305 e. The van der Waals surface area contributed by atoms with Gasteiger partial charge in [-0.1, -0.05) is 96.1 Å². The number of esters is 1. The molecule has 0 saturated heterocycles. The largest absolute Gasteiger partial charge is 0.463 e. The summed E-state index contributed by atoms with van der Waals surface area (Å²) in [5.41, 5.74) is 0. The van der Waals surface area contributed by atoms with Gasteiger partial charge in [-0.25, -0.2) is 0 Å². The highest BCUT2D eigenvalue weighted by atomic mass is 16.6. The Morgan fingerprint density at radius 3 is 1.63 bits per heavy atom. The molecule has 0 aromatic rings. The van der Waals surface area contributed by atoms with Gasteiger partial charge in [-0.3, -0.25) is 4.79 Å². The zero-order valence-electron chi connectivity index (χ0n) is 20.6. The molecule has 0 aliphatic carbocycles. The summed E-state index contributed by atoms with van der Waals surface area (Å²) in [6.07, 6.45) is 27.9. The summed E-state index contributed by atoms with van der Waals surface area (Å²) in [6.45, 7) is 7.12. The molecule has 0 saturated carbocycles. The minimum atomic E-state index is -0.0802. The second-order valence-corrected chi connectivity index (χ2v) is 8.89. The van der Waals surface area contributed by atoms with Crippen LogP contribution >= 0.6 is 0 Å². The van der Waals surface area contributed by atoms with Crippen LogP contribution in [0.25, 0.3) is 0 Å². The summed E-state index contributed by atoms with van der Waals surface area (Å²) in [7, 11) is 0. The quantitative estimate of drug-likeness (QED) is 0.0936. The van der Waals surface area contributed by atoms with Crippen molar-refractivity contribution in [1.82, 2.24) is 0 Å². The highest BCUT2D eigenvalue weighted by Gasteiger charge is 2.03. The third kappa shape index (κ3) is 25.2. The molecule has 3 nitrogen and oxygen atoms in total. The lowest BCUT2D eigenvalue weighted by Gasteiger charge is -2.08. The summed E-state index contributed by atoms with van der Waals surface area (Å²) in [4.78, 5) is 11.6. The number of carbonyl (C=O) groups is 1. The monoisotopic (exact) mass is 424 g/mol. The molecule has 0 bridgehead atoms. The summed E-state index contributed by atoms with van der Waals surface area (Å²) in [5.74, 6) is -0.0802. The molecule has 0 fully saturated rings. The van der Waals surface area contributed by atoms with Gasteiger partial charge < -0.3 is 9.47 Å². The Balaban J connectivity index is 3.17. The van der Waals surface area contributed by atoms with Crippen LogP contribution in [0, 0.1) is 0 Å². The van der Waals surface area contributed by atoms with E-state index in [1.54, 1.807) is 0 Å². The Bertz CT molecular complexity index is 376. The van der Waals surface area contributed by atoms with Crippen LogP contribution in [0.15, 0.2) is 12.2 Å². The van der Waals surface area contributed by atoms with Crippen LogP contribution < -0.4 is 0 Å². The molecular weight excluding hydrogens is 372 g/mol. The number of hydrogen-bond donors (Lipinski definition) is 0. The fraction of sp³-hybridized carbons (Fsp3) is 0.889. The van der Waals surface area contributed by atoms with Crippen molar-refractivity contribution in [1.29, 1.82) is 0 Å². The maximum absolute atomic E-state index is 11.6. The highest BCUT2D eigenvalue weighted by molar-refractivity contribution is 5.69. The predicted octanol–water partition coefficient (Wildman–Crippen LogP) is 8.55. The number of unbranched alkanes of at least 4 members (excludes halogenated alkanes) is 15. The average molecular weight is 425 g/mol. The lowest BCUT2D eigenvalue weighted by atomic mass is 10.1. The van der Waals surface area contributed by atoms with Crippen LogP contribution in [0.1, 0.15) is 136 Å². The van der Waals surface area contributed by atoms with E-state index in [2.05, 4.69) is 19.1 Å². The van der Waals surface area contributed by atoms with Gasteiger partial charge in [0, 0.05) is 6.42 Å². The average Bonchev–Trinajstić information content (AvgIpc) is 2.72. The molecule has 0 unspecified atom stereocenters. The van der Waals surface area contributed by atoms with Crippen LogP contribution in [-0.4, -0.2) is 25.3 Å². The van der Waals surface area contributed by atoms with Gasteiger partial charge in [0.25, 0.3) is 0 Å². The Labute approximate surface area is 188 Å². The van der Waals surface area contributed by atoms with E-state index in [0.29, 0.717) is 19.6 Å².